The summed E-state index contributed by atoms with van der Waals surface area (Å²) in [5, 5.41) is 20.1. The molecule has 0 heterocycles. The lowest BCUT2D eigenvalue weighted by Crippen LogP contribution is -2.22. The van der Waals surface area contributed by atoms with Crippen LogP contribution in [0.25, 0.3) is 0 Å². The van der Waals surface area contributed by atoms with Gasteiger partial charge in [-0.15, -0.1) is 0 Å². The largest absolute Gasteiger partial charge is 0.466 e. The molecule has 2 rings (SSSR count). The third kappa shape index (κ3) is 5.32. The first kappa shape index (κ1) is 18.9. The molecule has 1 aromatic rings. The zero-order chi connectivity index (χ0) is 17.5. The Labute approximate surface area is 144 Å². The van der Waals surface area contributed by atoms with Gasteiger partial charge in [-0.25, -0.2) is 0 Å². The van der Waals surface area contributed by atoms with Crippen LogP contribution in [0.2, 0.25) is 0 Å². The van der Waals surface area contributed by atoms with E-state index in [-0.39, 0.29) is 12.8 Å². The van der Waals surface area contributed by atoms with Crippen LogP contribution in [-0.2, 0) is 28.8 Å². The number of carbonyl (C=O) groups excluding carboxylic acids is 1. The van der Waals surface area contributed by atoms with E-state index in [1.165, 1.54) is 35.1 Å². The highest BCUT2D eigenvalue weighted by Crippen LogP contribution is 2.28. The number of rotatable bonds is 8. The molecule has 0 fully saturated rings. The van der Waals surface area contributed by atoms with Gasteiger partial charge in [-0.1, -0.05) is 12.1 Å². The topological polar surface area (TPSA) is 66.8 Å². The molecule has 0 radical (unpaired) electrons. The van der Waals surface area contributed by atoms with Gasteiger partial charge in [-0.05, 0) is 81.0 Å². The molecule has 0 aromatic heterocycles. The summed E-state index contributed by atoms with van der Waals surface area (Å²) >= 11 is 0. The third-order valence-corrected chi connectivity index (χ3v) is 4.86. The minimum atomic E-state index is -0.843. The summed E-state index contributed by atoms with van der Waals surface area (Å²) < 4.78 is 4.82. The molecule has 134 valence electrons. The van der Waals surface area contributed by atoms with E-state index < -0.39 is 18.2 Å². The molecule has 2 N–H and O–H groups in total. The molecule has 1 aromatic carbocycles. The van der Waals surface area contributed by atoms with Gasteiger partial charge >= 0.3 is 5.97 Å². The minimum absolute atomic E-state index is 0.0509. The lowest BCUT2D eigenvalue weighted by atomic mass is 9.84. The highest BCUT2D eigenvalue weighted by atomic mass is 16.5. The van der Waals surface area contributed by atoms with Crippen molar-refractivity contribution in [1.82, 2.24) is 0 Å². The van der Waals surface area contributed by atoms with Crippen molar-refractivity contribution >= 4 is 5.97 Å². The molecule has 2 unspecified atom stereocenters. The van der Waals surface area contributed by atoms with Crippen molar-refractivity contribution in [2.24, 2.45) is 0 Å². The molecular formula is C20H30O4. The van der Waals surface area contributed by atoms with E-state index in [2.05, 4.69) is 19.1 Å². The van der Waals surface area contributed by atoms with E-state index in [0.29, 0.717) is 13.0 Å². The number of aryl methyl sites for hydroxylation is 2. The van der Waals surface area contributed by atoms with Gasteiger partial charge in [0, 0.05) is 0 Å². The summed E-state index contributed by atoms with van der Waals surface area (Å²) in [5.74, 6) is -0.412. The molecule has 4 nitrogen and oxygen atoms in total. The maximum atomic E-state index is 11.4. The predicted octanol–water partition coefficient (Wildman–Crippen LogP) is 2.87. The average molecular weight is 334 g/mol. The van der Waals surface area contributed by atoms with E-state index in [1.807, 2.05) is 0 Å². The fourth-order valence-corrected chi connectivity index (χ4v) is 3.61. The van der Waals surface area contributed by atoms with Crippen molar-refractivity contribution in [2.75, 3.05) is 6.61 Å². The van der Waals surface area contributed by atoms with Gasteiger partial charge in [0.2, 0.25) is 0 Å². The average Bonchev–Trinajstić information content (AvgIpc) is 2.53. The summed E-state index contributed by atoms with van der Waals surface area (Å²) in [6, 6.07) is 4.42. The third-order valence-electron chi connectivity index (χ3n) is 4.86. The number of hydrogen-bond donors (Lipinski definition) is 2. The van der Waals surface area contributed by atoms with Crippen LogP contribution in [0.15, 0.2) is 12.1 Å². The first-order chi connectivity index (χ1) is 11.5. The number of ether oxygens (including phenoxy) is 1. The second kappa shape index (κ2) is 9.19. The molecule has 0 bridgehead atoms. The first-order valence-electron chi connectivity index (χ1n) is 9.13. The van der Waals surface area contributed by atoms with Crippen molar-refractivity contribution in [3.05, 3.63) is 34.4 Å². The monoisotopic (exact) mass is 334 g/mol. The Morgan fingerprint density at radius 3 is 2.71 bits per heavy atom. The van der Waals surface area contributed by atoms with Crippen LogP contribution in [0.5, 0.6) is 0 Å². The highest BCUT2D eigenvalue weighted by molar-refractivity contribution is 5.69. The Morgan fingerprint density at radius 2 is 1.96 bits per heavy atom. The number of carbonyl (C=O) groups is 1. The second-order valence-corrected chi connectivity index (χ2v) is 6.80. The van der Waals surface area contributed by atoms with E-state index in [9.17, 15) is 15.0 Å². The van der Waals surface area contributed by atoms with E-state index in [1.54, 1.807) is 6.92 Å². The van der Waals surface area contributed by atoms with Gasteiger partial charge in [0.1, 0.15) is 0 Å². The minimum Gasteiger partial charge on any atom is -0.466 e. The molecule has 0 aliphatic heterocycles. The summed E-state index contributed by atoms with van der Waals surface area (Å²) in [7, 11) is 0. The van der Waals surface area contributed by atoms with Gasteiger partial charge in [0.05, 0.1) is 25.2 Å². The van der Waals surface area contributed by atoms with Gasteiger partial charge < -0.3 is 14.9 Å². The smallest absolute Gasteiger partial charge is 0.308 e. The number of aliphatic hydroxyl groups is 2. The molecule has 0 saturated carbocycles. The lowest BCUT2D eigenvalue weighted by Gasteiger charge is -2.22. The Balaban J connectivity index is 1.88. The molecule has 1 aliphatic carbocycles. The second-order valence-electron chi connectivity index (χ2n) is 6.80. The fourth-order valence-electron chi connectivity index (χ4n) is 3.61. The number of esters is 1. The molecule has 24 heavy (non-hydrogen) atoms. The van der Waals surface area contributed by atoms with Crippen LogP contribution < -0.4 is 0 Å². The van der Waals surface area contributed by atoms with Gasteiger partial charge in [-0.3, -0.25) is 4.79 Å². The van der Waals surface area contributed by atoms with Crippen molar-refractivity contribution in [3.63, 3.8) is 0 Å². The SMILES string of the molecule is CCOC(=O)CC(O)CC(O)CCc1c(C)ccc2c1CCCC2. The van der Waals surface area contributed by atoms with E-state index >= 15 is 0 Å². The fraction of sp³-hybridized carbons (Fsp3) is 0.650. The molecule has 0 amide bonds. The van der Waals surface area contributed by atoms with Crippen LogP contribution in [0.4, 0.5) is 0 Å². The van der Waals surface area contributed by atoms with Crippen LogP contribution in [0.1, 0.15) is 61.3 Å². The zero-order valence-electron chi connectivity index (χ0n) is 14.9. The van der Waals surface area contributed by atoms with Crippen molar-refractivity contribution in [3.8, 4) is 0 Å². The van der Waals surface area contributed by atoms with Gasteiger partial charge in [-0.2, -0.15) is 0 Å². The summed E-state index contributed by atoms with van der Waals surface area (Å²) in [4.78, 5) is 11.4. The maximum absolute atomic E-state index is 11.4. The maximum Gasteiger partial charge on any atom is 0.308 e. The first-order valence-corrected chi connectivity index (χ1v) is 9.13. The number of benzene rings is 1. The molecule has 0 saturated heterocycles. The van der Waals surface area contributed by atoms with Crippen LogP contribution in [0, 0.1) is 6.92 Å². The van der Waals surface area contributed by atoms with Crippen molar-refractivity contribution in [1.29, 1.82) is 0 Å². The van der Waals surface area contributed by atoms with Crippen LogP contribution in [0.3, 0.4) is 0 Å². The Hall–Kier alpha value is -1.39. The molecule has 4 heteroatoms. The van der Waals surface area contributed by atoms with Crippen molar-refractivity contribution in [2.45, 2.75) is 77.4 Å². The zero-order valence-corrected chi connectivity index (χ0v) is 14.9. The normalized spacial score (nSPS) is 16.3. The Kier molecular flexibility index (Phi) is 7.25. The van der Waals surface area contributed by atoms with Crippen molar-refractivity contribution < 1.29 is 19.7 Å². The van der Waals surface area contributed by atoms with Crippen LogP contribution >= 0.6 is 0 Å². The lowest BCUT2D eigenvalue weighted by molar-refractivity contribution is -0.145. The highest BCUT2D eigenvalue weighted by Gasteiger charge is 2.19. The van der Waals surface area contributed by atoms with Gasteiger partial charge in [0.25, 0.3) is 0 Å². The summed E-state index contributed by atoms with van der Waals surface area (Å²) in [6.45, 7) is 4.18. The van der Waals surface area contributed by atoms with Crippen LogP contribution in [-0.4, -0.2) is 35.0 Å². The predicted molar refractivity (Wildman–Crippen MR) is 94.0 cm³/mol. The Morgan fingerprint density at radius 1 is 1.21 bits per heavy atom. The Bertz CT molecular complexity index is 553. The molecular weight excluding hydrogens is 304 g/mol. The summed E-state index contributed by atoms with van der Waals surface area (Å²) in [5.41, 5.74) is 5.58. The number of fused-ring (bicyclic) bond motifs is 1. The van der Waals surface area contributed by atoms with E-state index in [0.717, 1.165) is 19.3 Å². The number of aliphatic hydroxyl groups excluding tert-OH is 2. The quantitative estimate of drug-likeness (QED) is 0.718. The number of hydrogen-bond acceptors (Lipinski definition) is 4. The standard InChI is InChI=1S/C20H30O4/c1-3-24-20(23)13-17(22)12-16(21)10-11-18-14(2)8-9-15-6-4-5-7-19(15)18/h8-9,16-17,21-22H,3-7,10-13H2,1-2H3. The molecule has 1 aliphatic rings. The van der Waals surface area contributed by atoms with E-state index in [4.69, 9.17) is 4.74 Å². The molecule has 2 atom stereocenters. The summed E-state index contributed by atoms with van der Waals surface area (Å²) in [6.07, 6.45) is 4.94. The molecule has 0 spiro atoms. The van der Waals surface area contributed by atoms with Gasteiger partial charge in [0.15, 0.2) is 0 Å².